The summed E-state index contributed by atoms with van der Waals surface area (Å²) in [6.07, 6.45) is 8.46. The Kier molecular flexibility index (Phi) is 2.93. The molecule has 4 heteroatoms. The van der Waals surface area contributed by atoms with Gasteiger partial charge >= 0.3 is 0 Å². The van der Waals surface area contributed by atoms with Crippen LogP contribution in [0.25, 0.3) is 0 Å². The fraction of sp³-hybridized carbons (Fsp3) is 0.857. The van der Waals surface area contributed by atoms with Crippen LogP contribution in [0.3, 0.4) is 0 Å². The molecule has 1 saturated heterocycles. The van der Waals surface area contributed by atoms with Crippen molar-refractivity contribution in [2.75, 3.05) is 0 Å². The average Bonchev–Trinajstić information content (AvgIpc) is 2.89. The summed E-state index contributed by atoms with van der Waals surface area (Å²) in [5.41, 5.74) is 5.79. The Morgan fingerprint density at radius 3 is 2.39 bits per heavy atom. The number of likely N-dealkylation sites (tertiary alicyclic amines) is 1. The fourth-order valence-electron chi connectivity index (χ4n) is 4.06. The third-order valence-electron chi connectivity index (χ3n) is 5.10. The van der Waals surface area contributed by atoms with Crippen LogP contribution in [-0.4, -0.2) is 28.8 Å². The molecule has 0 aromatic rings. The highest BCUT2D eigenvalue weighted by atomic mass is 16.2. The van der Waals surface area contributed by atoms with Gasteiger partial charge < -0.3 is 5.73 Å². The number of hydrogen-bond acceptors (Lipinski definition) is 3. The minimum absolute atomic E-state index is 0.0109. The summed E-state index contributed by atoms with van der Waals surface area (Å²) in [7, 11) is 0. The zero-order valence-electron chi connectivity index (χ0n) is 10.9. The highest BCUT2D eigenvalue weighted by Gasteiger charge is 2.54. The first-order chi connectivity index (χ1) is 8.64. The molecule has 3 aliphatic rings. The van der Waals surface area contributed by atoms with Crippen molar-refractivity contribution in [1.29, 1.82) is 0 Å². The minimum atomic E-state index is -0.339. The van der Waals surface area contributed by atoms with E-state index in [0.717, 1.165) is 51.4 Å². The molecular weight excluding hydrogens is 228 g/mol. The SMILES string of the molecule is NC1CCCCC1N1C(=O)CC2(CCCC2)C1=O. The van der Waals surface area contributed by atoms with Gasteiger partial charge in [0.05, 0.1) is 11.5 Å². The van der Waals surface area contributed by atoms with Crippen molar-refractivity contribution in [1.82, 2.24) is 4.90 Å². The molecule has 2 N–H and O–H groups in total. The second-order valence-electron chi connectivity index (χ2n) is 6.25. The molecule has 1 spiro atoms. The summed E-state index contributed by atoms with van der Waals surface area (Å²) in [5, 5.41) is 0. The van der Waals surface area contributed by atoms with Gasteiger partial charge in [-0.25, -0.2) is 0 Å². The van der Waals surface area contributed by atoms with E-state index in [4.69, 9.17) is 5.73 Å². The van der Waals surface area contributed by atoms with Crippen LogP contribution in [0.15, 0.2) is 0 Å². The van der Waals surface area contributed by atoms with E-state index < -0.39 is 0 Å². The van der Waals surface area contributed by atoms with Crippen LogP contribution in [0.4, 0.5) is 0 Å². The number of hydrogen-bond donors (Lipinski definition) is 1. The van der Waals surface area contributed by atoms with Crippen LogP contribution in [0, 0.1) is 5.41 Å². The minimum Gasteiger partial charge on any atom is -0.326 e. The second kappa shape index (κ2) is 4.34. The Hall–Kier alpha value is -0.900. The molecule has 3 rings (SSSR count). The first-order valence-corrected chi connectivity index (χ1v) is 7.26. The lowest BCUT2D eigenvalue weighted by molar-refractivity contribution is -0.145. The van der Waals surface area contributed by atoms with Gasteiger partial charge in [-0.1, -0.05) is 25.7 Å². The van der Waals surface area contributed by atoms with E-state index in [2.05, 4.69) is 0 Å². The summed E-state index contributed by atoms with van der Waals surface area (Å²) >= 11 is 0. The van der Waals surface area contributed by atoms with Crippen molar-refractivity contribution in [3.63, 3.8) is 0 Å². The number of carbonyl (C=O) groups is 2. The smallest absolute Gasteiger partial charge is 0.236 e. The van der Waals surface area contributed by atoms with E-state index in [-0.39, 0.29) is 29.3 Å². The van der Waals surface area contributed by atoms with Gasteiger partial charge in [-0.2, -0.15) is 0 Å². The van der Waals surface area contributed by atoms with Crippen LogP contribution >= 0.6 is 0 Å². The molecule has 3 fully saturated rings. The Balaban J connectivity index is 1.84. The number of carbonyl (C=O) groups excluding carboxylic acids is 2. The monoisotopic (exact) mass is 250 g/mol. The third kappa shape index (κ3) is 1.69. The summed E-state index contributed by atoms with van der Waals surface area (Å²) < 4.78 is 0. The van der Waals surface area contributed by atoms with Crippen LogP contribution < -0.4 is 5.73 Å². The summed E-state index contributed by atoms with van der Waals surface area (Å²) in [5.74, 6) is 0.122. The fourth-order valence-corrected chi connectivity index (χ4v) is 4.06. The normalized spacial score (nSPS) is 35.7. The van der Waals surface area contributed by atoms with Crippen LogP contribution in [0.5, 0.6) is 0 Å². The molecule has 4 nitrogen and oxygen atoms in total. The number of amides is 2. The van der Waals surface area contributed by atoms with E-state index in [1.807, 2.05) is 0 Å². The van der Waals surface area contributed by atoms with Crippen molar-refractivity contribution in [3.05, 3.63) is 0 Å². The number of rotatable bonds is 1. The zero-order valence-corrected chi connectivity index (χ0v) is 10.9. The number of nitrogens with two attached hydrogens (primary N) is 1. The summed E-state index contributed by atoms with van der Waals surface area (Å²) in [4.78, 5) is 26.4. The molecule has 0 radical (unpaired) electrons. The van der Waals surface area contributed by atoms with Gasteiger partial charge in [0.25, 0.3) is 0 Å². The van der Waals surface area contributed by atoms with E-state index in [0.29, 0.717) is 6.42 Å². The predicted octanol–water partition coefficient (Wildman–Crippen LogP) is 1.58. The molecule has 100 valence electrons. The third-order valence-corrected chi connectivity index (χ3v) is 5.10. The van der Waals surface area contributed by atoms with Gasteiger partial charge in [0.1, 0.15) is 0 Å². The largest absolute Gasteiger partial charge is 0.326 e. The molecule has 2 amide bonds. The van der Waals surface area contributed by atoms with E-state index in [9.17, 15) is 9.59 Å². The highest BCUT2D eigenvalue weighted by molar-refractivity contribution is 6.06. The molecule has 2 saturated carbocycles. The van der Waals surface area contributed by atoms with Crippen molar-refractivity contribution in [3.8, 4) is 0 Å². The van der Waals surface area contributed by atoms with Crippen molar-refractivity contribution in [2.45, 2.75) is 69.9 Å². The molecule has 0 bridgehead atoms. The summed E-state index contributed by atoms with van der Waals surface area (Å²) in [6.45, 7) is 0. The van der Waals surface area contributed by atoms with Crippen LogP contribution in [0.2, 0.25) is 0 Å². The average molecular weight is 250 g/mol. The van der Waals surface area contributed by atoms with Gasteiger partial charge in [0, 0.05) is 12.5 Å². The van der Waals surface area contributed by atoms with Gasteiger partial charge in [0.15, 0.2) is 0 Å². The van der Waals surface area contributed by atoms with Gasteiger partial charge in [-0.3, -0.25) is 14.5 Å². The quantitative estimate of drug-likeness (QED) is 0.719. The molecule has 18 heavy (non-hydrogen) atoms. The van der Waals surface area contributed by atoms with Crippen molar-refractivity contribution in [2.24, 2.45) is 11.1 Å². The maximum Gasteiger partial charge on any atom is 0.236 e. The Bertz CT molecular complexity index is 374. The predicted molar refractivity (Wildman–Crippen MR) is 67.6 cm³/mol. The molecule has 0 aromatic heterocycles. The molecule has 2 atom stereocenters. The zero-order chi connectivity index (χ0) is 12.8. The van der Waals surface area contributed by atoms with Crippen LogP contribution in [-0.2, 0) is 9.59 Å². The number of nitrogens with zero attached hydrogens (tertiary/aromatic N) is 1. The molecule has 1 heterocycles. The first-order valence-electron chi connectivity index (χ1n) is 7.26. The maximum atomic E-state index is 12.6. The van der Waals surface area contributed by atoms with Crippen molar-refractivity contribution >= 4 is 11.8 Å². The lowest BCUT2D eigenvalue weighted by Gasteiger charge is -2.35. The van der Waals surface area contributed by atoms with Gasteiger partial charge in [0.2, 0.25) is 11.8 Å². The lowest BCUT2D eigenvalue weighted by Crippen LogP contribution is -2.52. The Labute approximate surface area is 108 Å². The standard InChI is InChI=1S/C14H22N2O2/c15-10-5-1-2-6-11(10)16-12(17)9-14(13(16)18)7-3-4-8-14/h10-11H,1-9,15H2. The summed E-state index contributed by atoms with van der Waals surface area (Å²) in [6, 6.07) is -0.0399. The Morgan fingerprint density at radius 1 is 1.06 bits per heavy atom. The van der Waals surface area contributed by atoms with Gasteiger partial charge in [-0.15, -0.1) is 0 Å². The lowest BCUT2D eigenvalue weighted by atomic mass is 9.84. The second-order valence-corrected chi connectivity index (χ2v) is 6.25. The maximum absolute atomic E-state index is 12.6. The van der Waals surface area contributed by atoms with E-state index in [1.54, 1.807) is 4.90 Å². The number of imide groups is 1. The van der Waals surface area contributed by atoms with E-state index in [1.165, 1.54) is 0 Å². The van der Waals surface area contributed by atoms with Crippen LogP contribution in [0.1, 0.15) is 57.8 Å². The van der Waals surface area contributed by atoms with Crippen molar-refractivity contribution < 1.29 is 9.59 Å². The molecule has 2 unspecified atom stereocenters. The van der Waals surface area contributed by atoms with Gasteiger partial charge in [-0.05, 0) is 25.7 Å². The topological polar surface area (TPSA) is 63.4 Å². The molecule has 2 aliphatic carbocycles. The molecule has 0 aromatic carbocycles. The molecule has 1 aliphatic heterocycles. The molecular formula is C14H22N2O2. The first kappa shape index (κ1) is 12.2. The Morgan fingerprint density at radius 2 is 1.72 bits per heavy atom. The van der Waals surface area contributed by atoms with E-state index >= 15 is 0 Å². The highest BCUT2D eigenvalue weighted by Crippen LogP contribution is 2.48.